The Balaban J connectivity index is 1.79. The number of nitrogens with one attached hydrogen (secondary N) is 2. The Labute approximate surface area is 157 Å². The molecular weight excluding hydrogens is 348 g/mol. The molecule has 0 aliphatic heterocycles. The second-order valence-electron chi connectivity index (χ2n) is 5.81. The minimum Gasteiger partial charge on any atom is -0.484 e. The van der Waals surface area contributed by atoms with E-state index in [0.717, 1.165) is 6.42 Å². The number of aryl methyl sites for hydroxylation is 1. The first-order valence-corrected chi connectivity index (χ1v) is 8.59. The Hall–Kier alpha value is -3.35. The fourth-order valence-electron chi connectivity index (χ4n) is 2.26. The number of aliphatic carboxylic acids is 1. The third-order valence-corrected chi connectivity index (χ3v) is 3.76. The van der Waals surface area contributed by atoms with Crippen LogP contribution in [0, 0.1) is 0 Å². The molecule has 0 saturated carbocycles. The van der Waals surface area contributed by atoms with E-state index in [9.17, 15) is 14.4 Å². The first-order valence-electron chi connectivity index (χ1n) is 8.59. The fraction of sp³-hybridized carbons (Fsp3) is 0.250. The van der Waals surface area contributed by atoms with Gasteiger partial charge in [0.05, 0.1) is 6.42 Å². The third-order valence-electron chi connectivity index (χ3n) is 3.76. The third kappa shape index (κ3) is 6.81. The Bertz CT molecular complexity index is 785. The number of benzene rings is 2. The Kier molecular flexibility index (Phi) is 7.37. The number of rotatable bonds is 9. The quantitative estimate of drug-likeness (QED) is 0.629. The van der Waals surface area contributed by atoms with Crippen molar-refractivity contribution in [2.75, 3.05) is 18.5 Å². The first kappa shape index (κ1) is 20.0. The van der Waals surface area contributed by atoms with Crippen molar-refractivity contribution in [1.82, 2.24) is 5.32 Å². The molecule has 0 unspecified atom stereocenters. The van der Waals surface area contributed by atoms with Gasteiger partial charge in [0.1, 0.15) is 5.75 Å². The maximum Gasteiger partial charge on any atom is 0.305 e. The van der Waals surface area contributed by atoms with Crippen LogP contribution in [0.15, 0.2) is 48.5 Å². The van der Waals surface area contributed by atoms with E-state index in [1.165, 1.54) is 5.56 Å². The summed E-state index contributed by atoms with van der Waals surface area (Å²) in [5.41, 5.74) is 2.11. The van der Waals surface area contributed by atoms with Crippen LogP contribution >= 0.6 is 0 Å². The van der Waals surface area contributed by atoms with Gasteiger partial charge in [-0.1, -0.05) is 19.1 Å². The number of carbonyl (C=O) groups excluding carboxylic acids is 2. The van der Waals surface area contributed by atoms with Gasteiger partial charge >= 0.3 is 5.97 Å². The lowest BCUT2D eigenvalue weighted by Crippen LogP contribution is -2.26. The van der Waals surface area contributed by atoms with E-state index in [4.69, 9.17) is 9.84 Å². The number of ether oxygens (including phenoxy) is 1. The summed E-state index contributed by atoms with van der Waals surface area (Å²) in [7, 11) is 0. The van der Waals surface area contributed by atoms with Crippen LogP contribution in [-0.2, 0) is 16.0 Å². The summed E-state index contributed by atoms with van der Waals surface area (Å²) in [6.07, 6.45) is 0.801. The van der Waals surface area contributed by atoms with Gasteiger partial charge in [-0.3, -0.25) is 14.4 Å². The Morgan fingerprint density at radius 1 is 1.00 bits per heavy atom. The van der Waals surface area contributed by atoms with Crippen LogP contribution in [0.3, 0.4) is 0 Å². The molecule has 0 aliphatic rings. The second-order valence-corrected chi connectivity index (χ2v) is 5.81. The molecule has 0 spiro atoms. The van der Waals surface area contributed by atoms with Crippen LogP contribution in [0.25, 0.3) is 0 Å². The van der Waals surface area contributed by atoms with Gasteiger partial charge in [0.2, 0.25) is 0 Å². The molecule has 0 fully saturated rings. The number of carbonyl (C=O) groups is 3. The summed E-state index contributed by atoms with van der Waals surface area (Å²) in [6, 6.07) is 13.8. The Morgan fingerprint density at radius 3 is 2.26 bits per heavy atom. The molecule has 142 valence electrons. The summed E-state index contributed by atoms with van der Waals surface area (Å²) in [4.78, 5) is 34.3. The maximum absolute atomic E-state index is 12.0. The average Bonchev–Trinajstić information content (AvgIpc) is 2.67. The van der Waals surface area contributed by atoms with Gasteiger partial charge in [-0.05, 0) is 48.4 Å². The summed E-state index contributed by atoms with van der Waals surface area (Å²) >= 11 is 0. The average molecular weight is 370 g/mol. The molecule has 27 heavy (non-hydrogen) atoms. The zero-order valence-corrected chi connectivity index (χ0v) is 15.0. The maximum atomic E-state index is 12.0. The topological polar surface area (TPSA) is 105 Å². The van der Waals surface area contributed by atoms with E-state index >= 15 is 0 Å². The molecule has 3 N–H and O–H groups in total. The highest BCUT2D eigenvalue weighted by Gasteiger charge is 2.08. The van der Waals surface area contributed by atoms with Gasteiger partial charge in [-0.15, -0.1) is 0 Å². The molecule has 7 heteroatoms. The zero-order chi connectivity index (χ0) is 19.6. The normalized spacial score (nSPS) is 10.1. The minimum absolute atomic E-state index is 0.0588. The Morgan fingerprint density at radius 2 is 1.67 bits per heavy atom. The van der Waals surface area contributed by atoms with Gasteiger partial charge in [-0.25, -0.2) is 0 Å². The summed E-state index contributed by atoms with van der Waals surface area (Å²) in [6.45, 7) is 2.00. The fourth-order valence-corrected chi connectivity index (χ4v) is 2.26. The molecule has 0 bridgehead atoms. The summed E-state index contributed by atoms with van der Waals surface area (Å²) in [5, 5.41) is 13.8. The molecule has 2 aromatic carbocycles. The molecule has 2 aromatic rings. The van der Waals surface area contributed by atoms with E-state index in [1.807, 2.05) is 24.3 Å². The molecule has 0 aromatic heterocycles. The van der Waals surface area contributed by atoms with E-state index in [2.05, 4.69) is 17.6 Å². The van der Waals surface area contributed by atoms with Crippen LogP contribution in [0.2, 0.25) is 0 Å². The van der Waals surface area contributed by atoms with E-state index in [1.54, 1.807) is 24.3 Å². The molecular formula is C20H22N2O5. The number of hydrogen-bond acceptors (Lipinski definition) is 4. The van der Waals surface area contributed by atoms with Crippen molar-refractivity contribution in [2.45, 2.75) is 19.8 Å². The van der Waals surface area contributed by atoms with Gasteiger partial charge in [0.25, 0.3) is 11.8 Å². The predicted molar refractivity (Wildman–Crippen MR) is 101 cm³/mol. The largest absolute Gasteiger partial charge is 0.484 e. The number of carboxylic acid groups (broad SMARTS) is 1. The molecule has 2 amide bonds. The smallest absolute Gasteiger partial charge is 0.305 e. The number of amides is 2. The highest BCUT2D eigenvalue weighted by Crippen LogP contribution is 2.13. The molecule has 0 saturated heterocycles. The van der Waals surface area contributed by atoms with Crippen molar-refractivity contribution in [3.05, 3.63) is 59.7 Å². The molecule has 7 nitrogen and oxygen atoms in total. The number of anilines is 1. The number of carboxylic acids is 1. The molecule has 0 aliphatic carbocycles. The predicted octanol–water partition coefficient (Wildman–Crippen LogP) is 2.47. The minimum atomic E-state index is -0.975. The SMILES string of the molecule is CCc1ccc(OCC(=O)Nc2ccc(C(=O)NCCC(=O)O)cc2)cc1. The van der Waals surface area contributed by atoms with Crippen molar-refractivity contribution in [1.29, 1.82) is 0 Å². The van der Waals surface area contributed by atoms with Crippen molar-refractivity contribution in [3.8, 4) is 5.75 Å². The van der Waals surface area contributed by atoms with E-state index in [0.29, 0.717) is 17.0 Å². The van der Waals surface area contributed by atoms with Crippen molar-refractivity contribution in [2.24, 2.45) is 0 Å². The van der Waals surface area contributed by atoms with Crippen LogP contribution in [0.1, 0.15) is 29.3 Å². The van der Waals surface area contributed by atoms with Crippen molar-refractivity contribution >= 4 is 23.5 Å². The number of hydrogen-bond donors (Lipinski definition) is 3. The van der Waals surface area contributed by atoms with Crippen LogP contribution in [0.5, 0.6) is 5.75 Å². The van der Waals surface area contributed by atoms with Gasteiger partial charge in [0.15, 0.2) is 6.61 Å². The van der Waals surface area contributed by atoms with Crippen LogP contribution in [0.4, 0.5) is 5.69 Å². The summed E-state index contributed by atoms with van der Waals surface area (Å²) < 4.78 is 5.44. The lowest BCUT2D eigenvalue weighted by molar-refractivity contribution is -0.136. The second kappa shape index (κ2) is 9.96. The summed E-state index contributed by atoms with van der Waals surface area (Å²) in [5.74, 6) is -1.03. The highest BCUT2D eigenvalue weighted by atomic mass is 16.5. The monoisotopic (exact) mass is 370 g/mol. The van der Waals surface area contributed by atoms with Crippen LogP contribution < -0.4 is 15.4 Å². The first-order chi connectivity index (χ1) is 13.0. The van der Waals surface area contributed by atoms with Gasteiger partial charge < -0.3 is 20.5 Å². The molecule has 2 rings (SSSR count). The van der Waals surface area contributed by atoms with E-state index in [-0.39, 0.29) is 31.4 Å². The van der Waals surface area contributed by atoms with Gasteiger partial charge in [0, 0.05) is 17.8 Å². The van der Waals surface area contributed by atoms with Crippen molar-refractivity contribution in [3.63, 3.8) is 0 Å². The molecule has 0 radical (unpaired) electrons. The van der Waals surface area contributed by atoms with E-state index < -0.39 is 5.97 Å². The standard InChI is InChI=1S/C20H22N2O5/c1-2-14-3-9-17(10-4-14)27-13-18(23)22-16-7-5-15(6-8-16)20(26)21-12-11-19(24)25/h3-10H,2,11-13H2,1H3,(H,21,26)(H,22,23)(H,24,25). The lowest BCUT2D eigenvalue weighted by atomic mass is 10.2. The van der Waals surface area contributed by atoms with Crippen LogP contribution in [-0.4, -0.2) is 36.0 Å². The molecule has 0 heterocycles. The van der Waals surface area contributed by atoms with Gasteiger partial charge in [-0.2, -0.15) is 0 Å². The highest BCUT2D eigenvalue weighted by molar-refractivity contribution is 5.96. The lowest BCUT2D eigenvalue weighted by Gasteiger charge is -2.09. The zero-order valence-electron chi connectivity index (χ0n) is 15.0. The van der Waals surface area contributed by atoms with Crippen molar-refractivity contribution < 1.29 is 24.2 Å². The molecule has 0 atom stereocenters.